The number of rotatable bonds is 8. The van der Waals surface area contributed by atoms with Gasteiger partial charge in [-0.1, -0.05) is 18.9 Å². The van der Waals surface area contributed by atoms with Gasteiger partial charge in [-0.2, -0.15) is 0 Å². The average molecular weight is 385 g/mol. The summed E-state index contributed by atoms with van der Waals surface area (Å²) in [5.74, 6) is 0.566. The maximum absolute atomic E-state index is 6.29. The van der Waals surface area contributed by atoms with Crippen LogP contribution < -0.4 is 4.74 Å². The summed E-state index contributed by atoms with van der Waals surface area (Å²) < 4.78 is 19.6. The van der Waals surface area contributed by atoms with Crippen LogP contribution in [0.1, 0.15) is 52.0 Å². The highest BCUT2D eigenvalue weighted by Crippen LogP contribution is 2.41. The Labute approximate surface area is 148 Å². The predicted molar refractivity (Wildman–Crippen MR) is 96.9 cm³/mol. The molecule has 1 atom stereocenters. The summed E-state index contributed by atoms with van der Waals surface area (Å²) in [6, 6.07) is 6.14. The molecule has 0 N–H and O–H groups in total. The molecule has 1 aliphatic rings. The van der Waals surface area contributed by atoms with Gasteiger partial charge in [-0.3, -0.25) is 0 Å². The van der Waals surface area contributed by atoms with Gasteiger partial charge in [-0.15, -0.1) is 0 Å². The number of ether oxygens (including phenoxy) is 3. The van der Waals surface area contributed by atoms with E-state index in [9.17, 15) is 0 Å². The minimum Gasteiger partial charge on any atom is -0.484 e. The third-order valence-electron chi connectivity index (χ3n) is 4.62. The Morgan fingerprint density at radius 1 is 1.17 bits per heavy atom. The molecule has 0 aromatic heterocycles. The van der Waals surface area contributed by atoms with E-state index in [0.717, 1.165) is 23.1 Å². The first kappa shape index (κ1) is 18.8. The zero-order chi connectivity index (χ0) is 16.9. The van der Waals surface area contributed by atoms with Crippen molar-refractivity contribution < 1.29 is 14.2 Å². The molecule has 1 fully saturated rings. The molecule has 0 heterocycles. The zero-order valence-electron chi connectivity index (χ0n) is 14.7. The lowest BCUT2D eigenvalue weighted by Gasteiger charge is -2.42. The molecule has 0 amide bonds. The van der Waals surface area contributed by atoms with E-state index in [1.165, 1.54) is 18.4 Å². The minimum atomic E-state index is -0.662. The van der Waals surface area contributed by atoms with E-state index >= 15 is 0 Å². The fraction of sp³-hybridized carbons (Fsp3) is 0.684. The van der Waals surface area contributed by atoms with Crippen molar-refractivity contribution in [1.29, 1.82) is 0 Å². The summed E-state index contributed by atoms with van der Waals surface area (Å²) in [6.07, 6.45) is 4.59. The number of hydrogen-bond acceptors (Lipinski definition) is 3. The average Bonchev–Trinajstić information content (AvgIpc) is 3.04. The van der Waals surface area contributed by atoms with E-state index in [1.807, 2.05) is 19.9 Å². The van der Waals surface area contributed by atoms with Crippen LogP contribution in [-0.2, 0) is 9.47 Å². The Morgan fingerprint density at radius 2 is 1.78 bits per heavy atom. The minimum absolute atomic E-state index is 0.176. The van der Waals surface area contributed by atoms with Gasteiger partial charge in [-0.25, -0.2) is 0 Å². The van der Waals surface area contributed by atoms with Crippen LogP contribution in [0.3, 0.4) is 0 Å². The third kappa shape index (κ3) is 4.28. The normalized spacial score (nSPS) is 17.4. The molecule has 0 saturated heterocycles. The third-order valence-corrected chi connectivity index (χ3v) is 5.24. The first-order valence-corrected chi connectivity index (χ1v) is 9.53. The molecule has 0 aliphatic heterocycles. The van der Waals surface area contributed by atoms with Crippen LogP contribution in [0.25, 0.3) is 0 Å². The molecule has 0 radical (unpaired) electrons. The van der Waals surface area contributed by atoms with E-state index in [4.69, 9.17) is 14.2 Å². The van der Waals surface area contributed by atoms with Crippen LogP contribution in [0.4, 0.5) is 0 Å². The lowest BCUT2D eigenvalue weighted by atomic mass is 9.92. The van der Waals surface area contributed by atoms with E-state index in [1.54, 1.807) is 0 Å². The van der Waals surface area contributed by atoms with Crippen molar-refractivity contribution in [3.8, 4) is 5.75 Å². The van der Waals surface area contributed by atoms with Crippen molar-refractivity contribution in [3.63, 3.8) is 0 Å². The first-order valence-electron chi connectivity index (χ1n) is 8.74. The van der Waals surface area contributed by atoms with Gasteiger partial charge in [0.15, 0.2) is 0 Å². The molecule has 3 nitrogen and oxygen atoms in total. The summed E-state index contributed by atoms with van der Waals surface area (Å²) in [7, 11) is 0. The molecule has 23 heavy (non-hydrogen) atoms. The SMILES string of the molecule is CCOC(OCC)(C1CCCC1)C(C)Oc1ccc(C)cc1Br. The Bertz CT molecular complexity index is 491. The molecule has 1 aromatic rings. The lowest BCUT2D eigenvalue weighted by molar-refractivity contribution is -0.298. The Balaban J connectivity index is 2.25. The van der Waals surface area contributed by atoms with Crippen molar-refractivity contribution in [3.05, 3.63) is 28.2 Å². The molecule has 1 aliphatic carbocycles. The topological polar surface area (TPSA) is 27.7 Å². The van der Waals surface area contributed by atoms with Crippen molar-refractivity contribution in [2.24, 2.45) is 5.92 Å². The summed E-state index contributed by atoms with van der Waals surface area (Å²) in [4.78, 5) is 0. The highest BCUT2D eigenvalue weighted by atomic mass is 79.9. The molecule has 4 heteroatoms. The van der Waals surface area contributed by atoms with Crippen LogP contribution in [0.15, 0.2) is 22.7 Å². The number of halogens is 1. The highest BCUT2D eigenvalue weighted by Gasteiger charge is 2.48. The Hall–Kier alpha value is -0.580. The summed E-state index contributed by atoms with van der Waals surface area (Å²) >= 11 is 3.60. The standard InChI is InChI=1S/C19H29BrO3/c1-5-21-19(22-6-2,16-9-7-8-10-16)15(4)23-18-12-11-14(3)13-17(18)20/h11-13,15-16H,5-10H2,1-4H3. The molecular formula is C19H29BrO3. The van der Waals surface area contributed by atoms with Crippen molar-refractivity contribution >= 4 is 15.9 Å². The van der Waals surface area contributed by atoms with Gasteiger partial charge in [0.25, 0.3) is 0 Å². The van der Waals surface area contributed by atoms with Gasteiger partial charge in [0, 0.05) is 19.1 Å². The number of aryl methyl sites for hydroxylation is 1. The van der Waals surface area contributed by atoms with Gasteiger partial charge in [0.05, 0.1) is 4.47 Å². The van der Waals surface area contributed by atoms with Crippen LogP contribution in [0.5, 0.6) is 5.75 Å². The lowest BCUT2D eigenvalue weighted by Crippen LogP contribution is -2.54. The van der Waals surface area contributed by atoms with Crippen LogP contribution in [-0.4, -0.2) is 25.1 Å². The van der Waals surface area contributed by atoms with E-state index in [2.05, 4.69) is 41.9 Å². The van der Waals surface area contributed by atoms with Crippen molar-refractivity contribution in [2.45, 2.75) is 65.3 Å². The molecule has 1 aromatic carbocycles. The fourth-order valence-electron chi connectivity index (χ4n) is 3.60. The van der Waals surface area contributed by atoms with Crippen LogP contribution in [0, 0.1) is 12.8 Å². The van der Waals surface area contributed by atoms with Gasteiger partial charge in [-0.05, 0) is 74.2 Å². The monoisotopic (exact) mass is 384 g/mol. The van der Waals surface area contributed by atoms with E-state index < -0.39 is 5.79 Å². The molecule has 0 spiro atoms. The molecule has 1 saturated carbocycles. The van der Waals surface area contributed by atoms with Gasteiger partial charge < -0.3 is 14.2 Å². The van der Waals surface area contributed by atoms with Crippen molar-refractivity contribution in [2.75, 3.05) is 13.2 Å². The second kappa shape index (κ2) is 8.50. The first-order chi connectivity index (χ1) is 11.0. The summed E-state index contributed by atoms with van der Waals surface area (Å²) in [6.45, 7) is 9.43. The molecule has 1 unspecified atom stereocenters. The van der Waals surface area contributed by atoms with Gasteiger partial charge in [0.1, 0.15) is 11.9 Å². The molecule has 130 valence electrons. The smallest absolute Gasteiger partial charge is 0.208 e. The van der Waals surface area contributed by atoms with Crippen LogP contribution >= 0.6 is 15.9 Å². The number of hydrogen-bond donors (Lipinski definition) is 0. The van der Waals surface area contributed by atoms with Crippen molar-refractivity contribution in [1.82, 2.24) is 0 Å². The molecule has 2 rings (SSSR count). The zero-order valence-corrected chi connectivity index (χ0v) is 16.3. The number of benzene rings is 1. The molecular weight excluding hydrogens is 356 g/mol. The maximum Gasteiger partial charge on any atom is 0.208 e. The predicted octanol–water partition coefficient (Wildman–Crippen LogP) is 5.48. The largest absolute Gasteiger partial charge is 0.484 e. The Morgan fingerprint density at radius 3 is 2.30 bits per heavy atom. The van der Waals surface area contributed by atoms with Crippen LogP contribution in [0.2, 0.25) is 0 Å². The van der Waals surface area contributed by atoms with E-state index in [0.29, 0.717) is 19.1 Å². The summed E-state index contributed by atoms with van der Waals surface area (Å²) in [5.41, 5.74) is 1.20. The fourth-order valence-corrected chi connectivity index (χ4v) is 4.18. The quantitative estimate of drug-likeness (QED) is 0.555. The Kier molecular flexibility index (Phi) is 6.93. The van der Waals surface area contributed by atoms with E-state index in [-0.39, 0.29) is 6.10 Å². The highest BCUT2D eigenvalue weighted by molar-refractivity contribution is 9.10. The summed E-state index contributed by atoms with van der Waals surface area (Å²) in [5, 5.41) is 0. The molecule has 0 bridgehead atoms. The second-order valence-electron chi connectivity index (χ2n) is 6.26. The van der Waals surface area contributed by atoms with Gasteiger partial charge in [0.2, 0.25) is 5.79 Å². The second-order valence-corrected chi connectivity index (χ2v) is 7.12. The maximum atomic E-state index is 6.29. The van der Waals surface area contributed by atoms with Gasteiger partial charge >= 0.3 is 0 Å².